The monoisotopic (exact) mass is 236 g/mol. The van der Waals surface area contributed by atoms with Gasteiger partial charge in [0.2, 0.25) is 0 Å². The van der Waals surface area contributed by atoms with Gasteiger partial charge in [0.15, 0.2) is 0 Å². The first kappa shape index (κ1) is 12.6. The summed E-state index contributed by atoms with van der Waals surface area (Å²) in [5.74, 6) is 6.40. The van der Waals surface area contributed by atoms with E-state index in [-0.39, 0.29) is 6.04 Å². The Hall–Kier alpha value is -0.870. The van der Waals surface area contributed by atoms with Crippen molar-refractivity contribution in [2.45, 2.75) is 51.0 Å². The van der Waals surface area contributed by atoms with E-state index in [0.29, 0.717) is 5.92 Å². The lowest BCUT2D eigenvalue weighted by Gasteiger charge is -2.27. The highest BCUT2D eigenvalue weighted by Crippen LogP contribution is 2.32. The molecule has 1 heterocycles. The molecule has 4 nitrogen and oxygen atoms in total. The van der Waals surface area contributed by atoms with Gasteiger partial charge in [-0.3, -0.25) is 16.0 Å². The van der Waals surface area contributed by atoms with Gasteiger partial charge in [-0.25, -0.2) is 0 Å². The van der Waals surface area contributed by atoms with E-state index in [1.807, 2.05) is 17.9 Å². The van der Waals surface area contributed by atoms with Crippen molar-refractivity contribution in [1.29, 1.82) is 0 Å². The Labute approximate surface area is 104 Å². The fraction of sp³-hybridized carbons (Fsp3) is 0.769. The molecule has 0 spiro atoms. The van der Waals surface area contributed by atoms with Crippen LogP contribution in [-0.4, -0.2) is 9.78 Å². The molecule has 0 amide bonds. The summed E-state index contributed by atoms with van der Waals surface area (Å²) in [6.45, 7) is 0. The number of nitrogens with two attached hydrogens (primary N) is 1. The van der Waals surface area contributed by atoms with Gasteiger partial charge in [0.05, 0.1) is 12.2 Å². The maximum Gasteiger partial charge on any atom is 0.0538 e. The molecule has 1 fully saturated rings. The van der Waals surface area contributed by atoms with Crippen LogP contribution in [0.5, 0.6) is 0 Å². The van der Waals surface area contributed by atoms with Crippen LogP contribution in [0.4, 0.5) is 0 Å². The van der Waals surface area contributed by atoms with Gasteiger partial charge >= 0.3 is 0 Å². The Bertz CT molecular complexity index is 326. The molecule has 96 valence electrons. The Morgan fingerprint density at radius 2 is 1.94 bits per heavy atom. The molecule has 0 saturated heterocycles. The van der Waals surface area contributed by atoms with E-state index in [1.165, 1.54) is 50.5 Å². The number of hydrogen-bond acceptors (Lipinski definition) is 3. The first-order valence-electron chi connectivity index (χ1n) is 6.76. The molecular weight excluding hydrogens is 212 g/mol. The highest BCUT2D eigenvalue weighted by molar-refractivity contribution is 5.11. The second-order valence-corrected chi connectivity index (χ2v) is 5.20. The molecule has 1 atom stereocenters. The fourth-order valence-electron chi connectivity index (χ4n) is 2.93. The lowest BCUT2D eigenvalue weighted by Crippen LogP contribution is -2.33. The van der Waals surface area contributed by atoms with Crippen molar-refractivity contribution in [2.75, 3.05) is 0 Å². The van der Waals surface area contributed by atoms with Crippen LogP contribution in [0, 0.1) is 5.92 Å². The molecule has 1 unspecified atom stereocenters. The molecule has 0 aromatic carbocycles. The third-order valence-electron chi connectivity index (χ3n) is 3.88. The Morgan fingerprint density at radius 1 is 1.29 bits per heavy atom. The van der Waals surface area contributed by atoms with Gasteiger partial charge in [-0.15, -0.1) is 0 Å². The smallest absolute Gasteiger partial charge is 0.0538 e. The number of hydrazine groups is 1. The average Bonchev–Trinajstić information content (AvgIpc) is 2.68. The van der Waals surface area contributed by atoms with Gasteiger partial charge < -0.3 is 0 Å². The average molecular weight is 236 g/mol. The summed E-state index contributed by atoms with van der Waals surface area (Å²) in [5.41, 5.74) is 4.22. The number of aryl methyl sites for hydroxylation is 1. The SMILES string of the molecule is Cn1cc(C(NN)C2CCCCCCC2)cn1. The summed E-state index contributed by atoms with van der Waals surface area (Å²) in [7, 11) is 1.95. The minimum Gasteiger partial charge on any atom is -0.275 e. The summed E-state index contributed by atoms with van der Waals surface area (Å²) in [6.07, 6.45) is 13.4. The van der Waals surface area contributed by atoms with Crippen molar-refractivity contribution in [2.24, 2.45) is 18.8 Å². The Morgan fingerprint density at radius 3 is 2.47 bits per heavy atom. The van der Waals surface area contributed by atoms with Crippen LogP contribution >= 0.6 is 0 Å². The fourth-order valence-corrected chi connectivity index (χ4v) is 2.93. The van der Waals surface area contributed by atoms with E-state index in [1.54, 1.807) is 0 Å². The predicted octanol–water partition coefficient (Wildman–Crippen LogP) is 2.29. The van der Waals surface area contributed by atoms with Crippen LogP contribution in [0.3, 0.4) is 0 Å². The summed E-state index contributed by atoms with van der Waals surface area (Å²) >= 11 is 0. The zero-order valence-electron chi connectivity index (χ0n) is 10.7. The van der Waals surface area contributed by atoms with Gasteiger partial charge in [-0.2, -0.15) is 5.10 Å². The summed E-state index contributed by atoms with van der Waals surface area (Å²) < 4.78 is 1.85. The van der Waals surface area contributed by atoms with Gasteiger partial charge in [0.25, 0.3) is 0 Å². The standard InChI is InChI=1S/C13H24N4/c1-17-10-12(9-15-17)13(16-14)11-7-5-3-2-4-6-8-11/h9-11,13,16H,2-8,14H2,1H3. The van der Waals surface area contributed by atoms with Crippen LogP contribution < -0.4 is 11.3 Å². The molecular formula is C13H24N4. The zero-order valence-corrected chi connectivity index (χ0v) is 10.7. The second-order valence-electron chi connectivity index (χ2n) is 5.20. The lowest BCUT2D eigenvalue weighted by molar-refractivity contribution is 0.290. The molecule has 17 heavy (non-hydrogen) atoms. The lowest BCUT2D eigenvalue weighted by atomic mass is 9.84. The van der Waals surface area contributed by atoms with Gasteiger partial charge in [-0.05, 0) is 18.8 Å². The molecule has 2 rings (SSSR count). The third kappa shape index (κ3) is 3.30. The van der Waals surface area contributed by atoms with Crippen molar-refractivity contribution in [3.8, 4) is 0 Å². The first-order chi connectivity index (χ1) is 8.31. The highest BCUT2D eigenvalue weighted by Gasteiger charge is 2.23. The Kier molecular flexibility index (Phi) is 4.57. The molecule has 0 aliphatic heterocycles. The van der Waals surface area contributed by atoms with Crippen molar-refractivity contribution >= 4 is 0 Å². The Balaban J connectivity index is 2.05. The molecule has 0 radical (unpaired) electrons. The maximum atomic E-state index is 5.75. The van der Waals surface area contributed by atoms with E-state index < -0.39 is 0 Å². The van der Waals surface area contributed by atoms with Gasteiger partial charge in [0.1, 0.15) is 0 Å². The minimum absolute atomic E-state index is 0.266. The molecule has 1 aromatic heterocycles. The van der Waals surface area contributed by atoms with Crippen LogP contribution in [0.15, 0.2) is 12.4 Å². The van der Waals surface area contributed by atoms with E-state index >= 15 is 0 Å². The van der Waals surface area contributed by atoms with Crippen molar-refractivity contribution in [3.05, 3.63) is 18.0 Å². The molecule has 1 aliphatic carbocycles. The third-order valence-corrected chi connectivity index (χ3v) is 3.88. The van der Waals surface area contributed by atoms with E-state index in [2.05, 4.69) is 16.7 Å². The zero-order chi connectivity index (χ0) is 12.1. The maximum absolute atomic E-state index is 5.75. The van der Waals surface area contributed by atoms with Crippen molar-refractivity contribution in [1.82, 2.24) is 15.2 Å². The van der Waals surface area contributed by atoms with E-state index in [4.69, 9.17) is 5.84 Å². The normalized spacial score (nSPS) is 20.8. The van der Waals surface area contributed by atoms with Crippen molar-refractivity contribution < 1.29 is 0 Å². The van der Waals surface area contributed by atoms with Crippen LogP contribution in [0.2, 0.25) is 0 Å². The number of aromatic nitrogens is 2. The quantitative estimate of drug-likeness (QED) is 0.625. The first-order valence-corrected chi connectivity index (χ1v) is 6.76. The summed E-state index contributed by atoms with van der Waals surface area (Å²) in [5, 5.41) is 4.24. The predicted molar refractivity (Wildman–Crippen MR) is 69.1 cm³/mol. The number of rotatable bonds is 3. The van der Waals surface area contributed by atoms with Crippen LogP contribution in [0.25, 0.3) is 0 Å². The van der Waals surface area contributed by atoms with Gasteiger partial charge in [-0.1, -0.05) is 32.1 Å². The molecule has 1 aromatic rings. The molecule has 1 saturated carbocycles. The summed E-state index contributed by atoms with van der Waals surface area (Å²) in [6, 6.07) is 0.266. The minimum atomic E-state index is 0.266. The van der Waals surface area contributed by atoms with Crippen LogP contribution in [-0.2, 0) is 7.05 Å². The topological polar surface area (TPSA) is 55.9 Å². The second kappa shape index (κ2) is 6.17. The molecule has 3 N–H and O–H groups in total. The van der Waals surface area contributed by atoms with Crippen LogP contribution in [0.1, 0.15) is 56.6 Å². The largest absolute Gasteiger partial charge is 0.275 e. The van der Waals surface area contributed by atoms with Gasteiger partial charge in [0, 0.05) is 18.8 Å². The van der Waals surface area contributed by atoms with E-state index in [9.17, 15) is 0 Å². The van der Waals surface area contributed by atoms with E-state index in [0.717, 1.165) is 0 Å². The molecule has 1 aliphatic rings. The number of nitrogens with zero attached hydrogens (tertiary/aromatic N) is 2. The van der Waals surface area contributed by atoms with Crippen molar-refractivity contribution in [3.63, 3.8) is 0 Å². The number of nitrogens with one attached hydrogen (secondary N) is 1. The summed E-state index contributed by atoms with van der Waals surface area (Å²) in [4.78, 5) is 0. The molecule has 0 bridgehead atoms. The highest BCUT2D eigenvalue weighted by atomic mass is 15.3. The number of hydrogen-bond donors (Lipinski definition) is 2. The molecule has 4 heteroatoms.